The topological polar surface area (TPSA) is 45.3 Å². The quantitative estimate of drug-likeness (QED) is 0.865. The predicted octanol–water partition coefficient (Wildman–Crippen LogP) is 3.21. The normalized spacial score (nSPS) is 16.6. The number of nitrogens with zero attached hydrogens (tertiary/aromatic N) is 1. The molecule has 1 saturated heterocycles. The fourth-order valence-electron chi connectivity index (χ4n) is 2.90. The summed E-state index contributed by atoms with van der Waals surface area (Å²) in [6.07, 6.45) is 3.57. The first kappa shape index (κ1) is 13.3. The van der Waals surface area contributed by atoms with Gasteiger partial charge in [0.1, 0.15) is 0 Å². The van der Waals surface area contributed by atoms with Crippen molar-refractivity contribution in [3.8, 4) is 0 Å². The minimum Gasteiger partial charge on any atom is -0.469 e. The Kier molecular flexibility index (Phi) is 3.57. The molecule has 1 aliphatic rings. The highest BCUT2D eigenvalue weighted by atomic mass is 35.5. The fourth-order valence-corrected chi connectivity index (χ4v) is 3.11. The molecule has 1 fully saturated rings. The van der Waals surface area contributed by atoms with Crippen molar-refractivity contribution in [2.45, 2.75) is 12.8 Å². The largest absolute Gasteiger partial charge is 0.469 e. The molecule has 1 aliphatic heterocycles. The Hall–Kier alpha value is -1.68. The molecule has 0 atom stereocenters. The van der Waals surface area contributed by atoms with E-state index in [0.717, 1.165) is 42.2 Å². The van der Waals surface area contributed by atoms with Crippen LogP contribution in [0.3, 0.4) is 0 Å². The average Bonchev–Trinajstić information content (AvgIpc) is 2.94. The van der Waals surface area contributed by atoms with E-state index in [1.165, 1.54) is 12.5 Å². The van der Waals surface area contributed by atoms with Crippen LogP contribution in [0.2, 0.25) is 5.02 Å². The summed E-state index contributed by atoms with van der Waals surface area (Å²) in [5, 5.41) is 1.90. The SMILES string of the molecule is COC(=O)C1CCN(c2cc(Cl)cc3[nH]ccc23)CC1. The third-order valence-corrected chi connectivity index (χ3v) is 4.20. The van der Waals surface area contributed by atoms with E-state index >= 15 is 0 Å². The van der Waals surface area contributed by atoms with Crippen LogP contribution in [0.15, 0.2) is 24.4 Å². The molecule has 0 unspecified atom stereocenters. The van der Waals surface area contributed by atoms with E-state index in [9.17, 15) is 4.79 Å². The summed E-state index contributed by atoms with van der Waals surface area (Å²) in [5.74, 6) is -0.0697. The second kappa shape index (κ2) is 5.37. The monoisotopic (exact) mass is 292 g/mol. The molecule has 2 aromatic rings. The summed E-state index contributed by atoms with van der Waals surface area (Å²) < 4.78 is 4.82. The minimum atomic E-state index is -0.0949. The van der Waals surface area contributed by atoms with Crippen molar-refractivity contribution in [3.05, 3.63) is 29.4 Å². The number of hydrogen-bond acceptors (Lipinski definition) is 3. The zero-order valence-corrected chi connectivity index (χ0v) is 12.1. The number of carbonyl (C=O) groups is 1. The molecule has 2 heterocycles. The summed E-state index contributed by atoms with van der Waals surface area (Å²) >= 11 is 6.18. The lowest BCUT2D eigenvalue weighted by Gasteiger charge is -2.33. The number of anilines is 1. The van der Waals surface area contributed by atoms with Gasteiger partial charge in [-0.05, 0) is 31.0 Å². The molecule has 0 spiro atoms. The van der Waals surface area contributed by atoms with Gasteiger partial charge in [-0.15, -0.1) is 0 Å². The van der Waals surface area contributed by atoms with Crippen LogP contribution in [0.25, 0.3) is 10.9 Å². The molecule has 0 aliphatic carbocycles. The van der Waals surface area contributed by atoms with Gasteiger partial charge in [0.05, 0.1) is 13.0 Å². The zero-order valence-electron chi connectivity index (χ0n) is 11.4. The molecule has 0 amide bonds. The van der Waals surface area contributed by atoms with Gasteiger partial charge in [0.15, 0.2) is 0 Å². The van der Waals surface area contributed by atoms with E-state index < -0.39 is 0 Å². The van der Waals surface area contributed by atoms with E-state index in [2.05, 4.69) is 16.0 Å². The van der Waals surface area contributed by atoms with Crippen LogP contribution in [0.1, 0.15) is 12.8 Å². The smallest absolute Gasteiger partial charge is 0.308 e. The van der Waals surface area contributed by atoms with Crippen LogP contribution in [0, 0.1) is 5.92 Å². The van der Waals surface area contributed by atoms with Gasteiger partial charge in [-0.2, -0.15) is 0 Å². The van der Waals surface area contributed by atoms with Crippen molar-refractivity contribution in [2.75, 3.05) is 25.1 Å². The van der Waals surface area contributed by atoms with Gasteiger partial charge in [-0.3, -0.25) is 4.79 Å². The number of aromatic amines is 1. The zero-order chi connectivity index (χ0) is 14.1. The van der Waals surface area contributed by atoms with E-state index in [0.29, 0.717) is 0 Å². The molecule has 1 aromatic heterocycles. The standard InChI is InChI=1S/C15H17ClN2O2/c1-20-15(19)10-3-6-18(7-4-10)14-9-11(16)8-13-12(14)2-5-17-13/h2,5,8-10,17H,3-4,6-7H2,1H3. The summed E-state index contributed by atoms with van der Waals surface area (Å²) in [6, 6.07) is 5.99. The summed E-state index contributed by atoms with van der Waals surface area (Å²) in [5.41, 5.74) is 2.18. The number of rotatable bonds is 2. The van der Waals surface area contributed by atoms with Crippen LogP contribution in [0.4, 0.5) is 5.69 Å². The first-order valence-corrected chi connectivity index (χ1v) is 7.16. The van der Waals surface area contributed by atoms with E-state index in [4.69, 9.17) is 16.3 Å². The highest BCUT2D eigenvalue weighted by Gasteiger charge is 2.26. The first-order chi connectivity index (χ1) is 9.69. The lowest BCUT2D eigenvalue weighted by atomic mass is 9.96. The second-order valence-corrected chi connectivity index (χ2v) is 5.58. The van der Waals surface area contributed by atoms with Crippen molar-refractivity contribution in [1.82, 2.24) is 4.98 Å². The molecule has 3 rings (SSSR count). The molecule has 1 aromatic carbocycles. The Morgan fingerprint density at radius 3 is 2.85 bits per heavy atom. The second-order valence-electron chi connectivity index (χ2n) is 5.15. The Morgan fingerprint density at radius 2 is 2.15 bits per heavy atom. The molecule has 20 heavy (non-hydrogen) atoms. The number of ether oxygens (including phenoxy) is 1. The van der Waals surface area contributed by atoms with Crippen LogP contribution >= 0.6 is 11.6 Å². The van der Waals surface area contributed by atoms with Gasteiger partial charge in [-0.25, -0.2) is 0 Å². The lowest BCUT2D eigenvalue weighted by molar-refractivity contribution is -0.146. The fraction of sp³-hybridized carbons (Fsp3) is 0.400. The van der Waals surface area contributed by atoms with Crippen LogP contribution in [-0.2, 0) is 9.53 Å². The van der Waals surface area contributed by atoms with E-state index in [1.807, 2.05) is 18.3 Å². The number of hydrogen-bond donors (Lipinski definition) is 1. The van der Waals surface area contributed by atoms with E-state index in [1.54, 1.807) is 0 Å². The number of carbonyl (C=O) groups excluding carboxylic acids is 1. The van der Waals surface area contributed by atoms with Gasteiger partial charge in [-0.1, -0.05) is 11.6 Å². The number of H-pyrrole nitrogens is 1. The molecule has 0 radical (unpaired) electrons. The molecule has 1 N–H and O–H groups in total. The van der Waals surface area contributed by atoms with Crippen molar-refractivity contribution in [1.29, 1.82) is 0 Å². The van der Waals surface area contributed by atoms with Crippen molar-refractivity contribution >= 4 is 34.2 Å². The van der Waals surface area contributed by atoms with Crippen molar-refractivity contribution in [2.24, 2.45) is 5.92 Å². The van der Waals surface area contributed by atoms with Crippen LogP contribution < -0.4 is 4.90 Å². The highest BCUT2D eigenvalue weighted by Crippen LogP contribution is 2.33. The molecule has 5 heteroatoms. The summed E-state index contributed by atoms with van der Waals surface area (Å²) in [6.45, 7) is 1.70. The number of methoxy groups -OCH3 is 1. The first-order valence-electron chi connectivity index (χ1n) is 6.78. The maximum atomic E-state index is 11.6. The number of halogens is 1. The number of fused-ring (bicyclic) bond motifs is 1. The van der Waals surface area contributed by atoms with Crippen molar-refractivity contribution < 1.29 is 9.53 Å². The number of esters is 1. The Balaban J connectivity index is 1.83. The van der Waals surface area contributed by atoms with Gasteiger partial charge in [0.25, 0.3) is 0 Å². The number of aromatic nitrogens is 1. The van der Waals surface area contributed by atoms with Gasteiger partial charge < -0.3 is 14.6 Å². The molecule has 0 bridgehead atoms. The number of nitrogens with one attached hydrogen (secondary N) is 1. The van der Waals surface area contributed by atoms with Crippen LogP contribution in [0.5, 0.6) is 0 Å². The predicted molar refractivity (Wildman–Crippen MR) is 80.3 cm³/mol. The van der Waals surface area contributed by atoms with Gasteiger partial charge in [0, 0.05) is 40.9 Å². The number of piperidine rings is 1. The third kappa shape index (κ3) is 2.36. The molecular weight excluding hydrogens is 276 g/mol. The van der Waals surface area contributed by atoms with Crippen molar-refractivity contribution in [3.63, 3.8) is 0 Å². The minimum absolute atomic E-state index is 0.0251. The maximum Gasteiger partial charge on any atom is 0.308 e. The molecule has 106 valence electrons. The summed E-state index contributed by atoms with van der Waals surface area (Å²) in [4.78, 5) is 17.1. The number of benzene rings is 1. The van der Waals surface area contributed by atoms with Gasteiger partial charge >= 0.3 is 5.97 Å². The molecule has 0 saturated carbocycles. The average molecular weight is 293 g/mol. The highest BCUT2D eigenvalue weighted by molar-refractivity contribution is 6.31. The Labute approximate surface area is 122 Å². The maximum absolute atomic E-state index is 11.6. The molecule has 4 nitrogen and oxygen atoms in total. The molecular formula is C15H17ClN2O2. The van der Waals surface area contributed by atoms with Gasteiger partial charge in [0.2, 0.25) is 0 Å². The summed E-state index contributed by atoms with van der Waals surface area (Å²) in [7, 11) is 1.45. The van der Waals surface area contributed by atoms with Crippen LogP contribution in [-0.4, -0.2) is 31.2 Å². The Morgan fingerprint density at radius 1 is 1.40 bits per heavy atom. The van der Waals surface area contributed by atoms with E-state index in [-0.39, 0.29) is 11.9 Å². The Bertz CT molecular complexity index is 630. The third-order valence-electron chi connectivity index (χ3n) is 3.98. The lowest BCUT2D eigenvalue weighted by Crippen LogP contribution is -2.36.